The number of methoxy groups -OCH3 is 1. The van der Waals surface area contributed by atoms with E-state index in [1.54, 1.807) is 35.7 Å². The number of ether oxygens (including phenoxy) is 1. The second-order valence-electron chi connectivity index (χ2n) is 5.97. The highest BCUT2D eigenvalue weighted by Crippen LogP contribution is 2.33. The van der Waals surface area contributed by atoms with E-state index in [0.29, 0.717) is 10.8 Å². The van der Waals surface area contributed by atoms with Crippen LogP contribution in [0.15, 0.2) is 64.2 Å². The summed E-state index contributed by atoms with van der Waals surface area (Å²) in [6, 6.07) is 16.0. The van der Waals surface area contributed by atoms with Gasteiger partial charge in [0.25, 0.3) is 10.0 Å². The molecule has 0 atom stereocenters. The highest BCUT2D eigenvalue weighted by molar-refractivity contribution is 7.94. The molecule has 0 fully saturated rings. The first-order valence-electron chi connectivity index (χ1n) is 8.55. The fraction of sp³-hybridized carbons (Fsp3) is 0.100. The van der Waals surface area contributed by atoms with E-state index >= 15 is 0 Å². The third kappa shape index (κ3) is 4.57. The van der Waals surface area contributed by atoms with Crippen molar-refractivity contribution >= 4 is 50.2 Å². The molecule has 0 bridgehead atoms. The number of carbonyl (C=O) groups excluding carboxylic acids is 1. The SMILES string of the molecule is COc1ccccc1N(CC(=O)Nc1cc(Cl)ccc1C#N)S(=O)(=O)c1cccs1. The number of nitrogens with one attached hydrogen (secondary N) is 1. The molecule has 0 aliphatic carbocycles. The summed E-state index contributed by atoms with van der Waals surface area (Å²) in [4.78, 5) is 12.8. The lowest BCUT2D eigenvalue weighted by molar-refractivity contribution is -0.114. The molecule has 0 spiro atoms. The van der Waals surface area contributed by atoms with Gasteiger partial charge in [0.1, 0.15) is 22.6 Å². The molecule has 30 heavy (non-hydrogen) atoms. The van der Waals surface area contributed by atoms with Crippen molar-refractivity contribution in [2.24, 2.45) is 0 Å². The monoisotopic (exact) mass is 461 g/mol. The van der Waals surface area contributed by atoms with Crippen LogP contribution in [-0.2, 0) is 14.8 Å². The molecule has 0 saturated carbocycles. The topological polar surface area (TPSA) is 99.5 Å². The first-order chi connectivity index (χ1) is 14.4. The van der Waals surface area contributed by atoms with E-state index in [0.717, 1.165) is 15.6 Å². The lowest BCUT2D eigenvalue weighted by Gasteiger charge is -2.25. The van der Waals surface area contributed by atoms with Gasteiger partial charge in [0.2, 0.25) is 5.91 Å². The molecule has 2 aromatic carbocycles. The maximum absolute atomic E-state index is 13.3. The molecule has 7 nitrogen and oxygen atoms in total. The second-order valence-corrected chi connectivity index (χ2v) is 9.44. The van der Waals surface area contributed by atoms with Crippen LogP contribution in [0.25, 0.3) is 0 Å². The normalized spacial score (nSPS) is 10.8. The van der Waals surface area contributed by atoms with Crippen molar-refractivity contribution in [1.82, 2.24) is 0 Å². The third-order valence-corrected chi connectivity index (χ3v) is 7.42. The third-order valence-electron chi connectivity index (χ3n) is 4.06. The molecule has 1 aromatic heterocycles. The zero-order valence-electron chi connectivity index (χ0n) is 15.7. The van der Waals surface area contributed by atoms with Gasteiger partial charge in [0.05, 0.1) is 24.0 Å². The molecule has 0 saturated heterocycles. The number of hydrogen-bond acceptors (Lipinski definition) is 6. The van der Waals surface area contributed by atoms with Crippen molar-refractivity contribution in [3.8, 4) is 11.8 Å². The van der Waals surface area contributed by atoms with Crippen LogP contribution in [-0.4, -0.2) is 28.0 Å². The van der Waals surface area contributed by atoms with Gasteiger partial charge in [0, 0.05) is 5.02 Å². The van der Waals surface area contributed by atoms with Gasteiger partial charge in [-0.2, -0.15) is 5.26 Å². The van der Waals surface area contributed by atoms with Gasteiger partial charge in [-0.05, 0) is 41.8 Å². The molecule has 1 heterocycles. The van der Waals surface area contributed by atoms with Crippen LogP contribution in [0.3, 0.4) is 0 Å². The molecular formula is C20H16ClN3O4S2. The molecule has 0 unspecified atom stereocenters. The van der Waals surface area contributed by atoms with Gasteiger partial charge < -0.3 is 10.1 Å². The molecule has 0 aliphatic rings. The Morgan fingerprint density at radius 2 is 2.00 bits per heavy atom. The van der Waals surface area contributed by atoms with Crippen LogP contribution in [0, 0.1) is 11.3 Å². The Labute approximate surface area is 183 Å². The number of nitrogens with zero attached hydrogens (tertiary/aromatic N) is 2. The quantitative estimate of drug-likeness (QED) is 0.570. The maximum Gasteiger partial charge on any atom is 0.274 e. The van der Waals surface area contributed by atoms with Gasteiger partial charge in [-0.3, -0.25) is 9.10 Å². The van der Waals surface area contributed by atoms with Crippen LogP contribution >= 0.6 is 22.9 Å². The summed E-state index contributed by atoms with van der Waals surface area (Å²) >= 11 is 7.00. The number of anilines is 2. The summed E-state index contributed by atoms with van der Waals surface area (Å²) in [5.41, 5.74) is 0.622. The van der Waals surface area contributed by atoms with Crippen molar-refractivity contribution in [1.29, 1.82) is 5.26 Å². The van der Waals surface area contributed by atoms with Crippen LogP contribution in [0.4, 0.5) is 11.4 Å². The molecule has 3 aromatic rings. The fourth-order valence-electron chi connectivity index (χ4n) is 2.69. The molecule has 0 radical (unpaired) electrons. The number of thiophene rings is 1. The summed E-state index contributed by atoms with van der Waals surface area (Å²) in [5, 5.41) is 13.8. The molecule has 10 heteroatoms. The Hall–Kier alpha value is -3.06. The molecule has 1 N–H and O–H groups in total. The summed E-state index contributed by atoms with van der Waals surface area (Å²) < 4.78 is 32.9. The maximum atomic E-state index is 13.3. The number of sulfonamides is 1. The van der Waals surface area contributed by atoms with E-state index in [1.807, 2.05) is 6.07 Å². The predicted octanol–water partition coefficient (Wildman–Crippen LogP) is 4.12. The standard InChI is InChI=1S/C20H16ClN3O4S2/c1-28-18-6-3-2-5-17(18)24(30(26,27)20-7-4-10-29-20)13-19(25)23-16-11-15(21)9-8-14(16)12-22/h2-11H,13H2,1H3,(H,23,25). The average molecular weight is 462 g/mol. The highest BCUT2D eigenvalue weighted by atomic mass is 35.5. The lowest BCUT2D eigenvalue weighted by Crippen LogP contribution is -2.38. The largest absolute Gasteiger partial charge is 0.495 e. The Morgan fingerprint density at radius 3 is 2.67 bits per heavy atom. The molecule has 3 rings (SSSR count). The van der Waals surface area contributed by atoms with E-state index in [1.165, 1.54) is 31.4 Å². The Bertz CT molecular complexity index is 1210. The van der Waals surface area contributed by atoms with Crippen molar-refractivity contribution in [3.63, 3.8) is 0 Å². The van der Waals surface area contributed by atoms with Crippen molar-refractivity contribution in [2.75, 3.05) is 23.3 Å². The zero-order valence-corrected chi connectivity index (χ0v) is 18.1. The number of hydrogen-bond donors (Lipinski definition) is 1. The minimum atomic E-state index is -4.03. The van der Waals surface area contributed by atoms with E-state index in [-0.39, 0.29) is 21.1 Å². The van der Waals surface area contributed by atoms with Crippen LogP contribution < -0.4 is 14.4 Å². The molecule has 0 aliphatic heterocycles. The van der Waals surface area contributed by atoms with Gasteiger partial charge in [0.15, 0.2) is 0 Å². The van der Waals surface area contributed by atoms with Crippen molar-refractivity contribution < 1.29 is 17.9 Å². The van der Waals surface area contributed by atoms with Crippen molar-refractivity contribution in [2.45, 2.75) is 4.21 Å². The molecular weight excluding hydrogens is 446 g/mol. The first-order valence-corrected chi connectivity index (χ1v) is 11.3. The molecule has 154 valence electrons. The average Bonchev–Trinajstić information content (AvgIpc) is 3.28. The Balaban J connectivity index is 1.99. The summed E-state index contributed by atoms with van der Waals surface area (Å²) in [7, 11) is -2.62. The number of amides is 1. The zero-order chi connectivity index (χ0) is 21.7. The predicted molar refractivity (Wildman–Crippen MR) is 117 cm³/mol. The Kier molecular flexibility index (Phi) is 6.62. The summed E-state index contributed by atoms with van der Waals surface area (Å²) in [6.07, 6.45) is 0. The van der Waals surface area contributed by atoms with E-state index in [2.05, 4.69) is 5.32 Å². The number of nitriles is 1. The van der Waals surface area contributed by atoms with Gasteiger partial charge in [-0.15, -0.1) is 11.3 Å². The first kappa shape index (κ1) is 21.6. The minimum Gasteiger partial charge on any atom is -0.495 e. The van der Waals surface area contributed by atoms with E-state index in [4.69, 9.17) is 16.3 Å². The summed E-state index contributed by atoms with van der Waals surface area (Å²) in [5.74, 6) is -0.342. The number of para-hydroxylation sites is 2. The number of benzene rings is 2. The van der Waals surface area contributed by atoms with Gasteiger partial charge in [-0.25, -0.2) is 8.42 Å². The fourth-order valence-corrected chi connectivity index (χ4v) is 5.40. The van der Waals surface area contributed by atoms with Crippen molar-refractivity contribution in [3.05, 3.63) is 70.6 Å². The van der Waals surface area contributed by atoms with Gasteiger partial charge >= 0.3 is 0 Å². The lowest BCUT2D eigenvalue weighted by atomic mass is 10.2. The van der Waals surface area contributed by atoms with E-state index < -0.39 is 22.5 Å². The van der Waals surface area contributed by atoms with Crippen LogP contribution in [0.2, 0.25) is 5.02 Å². The Morgan fingerprint density at radius 1 is 1.23 bits per heavy atom. The minimum absolute atomic E-state index is 0.0849. The van der Waals surface area contributed by atoms with Crippen LogP contribution in [0.5, 0.6) is 5.75 Å². The second kappa shape index (κ2) is 9.17. The number of rotatable bonds is 7. The van der Waals surface area contributed by atoms with Crippen LogP contribution in [0.1, 0.15) is 5.56 Å². The van der Waals surface area contributed by atoms with E-state index in [9.17, 15) is 18.5 Å². The number of halogens is 1. The molecule has 1 amide bonds. The van der Waals surface area contributed by atoms with Gasteiger partial charge in [-0.1, -0.05) is 29.8 Å². The highest BCUT2D eigenvalue weighted by Gasteiger charge is 2.30. The number of carbonyl (C=O) groups is 1. The smallest absolute Gasteiger partial charge is 0.274 e. The summed E-state index contributed by atoms with van der Waals surface area (Å²) in [6.45, 7) is -0.530.